The van der Waals surface area contributed by atoms with E-state index in [1.54, 1.807) is 7.11 Å². The molecule has 0 saturated carbocycles. The molecule has 1 aromatic heterocycles. The Morgan fingerprint density at radius 2 is 1.65 bits per heavy atom. The minimum Gasteiger partial charge on any atom is -0.381 e. The van der Waals surface area contributed by atoms with Gasteiger partial charge in [-0.2, -0.15) is 0 Å². The van der Waals surface area contributed by atoms with Crippen LogP contribution in [0.5, 0.6) is 0 Å². The van der Waals surface area contributed by atoms with Crippen LogP contribution in [-0.2, 0) is 11.3 Å². The zero-order valence-corrected chi connectivity index (χ0v) is 15.2. The maximum absolute atomic E-state index is 5.06. The molecular weight excluding hydrogens is 286 g/mol. The minimum atomic E-state index is 0.720. The quantitative estimate of drug-likeness (QED) is 0.385. The molecule has 4 heteroatoms. The zero-order chi connectivity index (χ0) is 16.6. The lowest BCUT2D eigenvalue weighted by Crippen LogP contribution is -2.35. The van der Waals surface area contributed by atoms with Crippen molar-refractivity contribution in [1.29, 1.82) is 0 Å². The fraction of sp³-hybridized carbons (Fsp3) is 0.789. The standard InChI is InChI=1S/C19H35N3O/c1-3-4-5-6-7-8-9-10-11-12-14-20-19-13-15-22(18-21-19)16-17-23-2/h13,15,18H,3-12,14,16-17H2,1-2H3/p+1. The van der Waals surface area contributed by atoms with Crippen LogP contribution in [-0.4, -0.2) is 25.2 Å². The van der Waals surface area contributed by atoms with Crippen LogP contribution >= 0.6 is 0 Å². The first-order valence-electron chi connectivity index (χ1n) is 9.44. The molecule has 23 heavy (non-hydrogen) atoms. The molecule has 0 saturated heterocycles. The molecule has 1 aromatic rings. The van der Waals surface area contributed by atoms with E-state index < -0.39 is 0 Å². The smallest absolute Gasteiger partial charge is 0.288 e. The van der Waals surface area contributed by atoms with Gasteiger partial charge < -0.3 is 10.1 Å². The van der Waals surface area contributed by atoms with Gasteiger partial charge in [0.15, 0.2) is 0 Å². The summed E-state index contributed by atoms with van der Waals surface area (Å²) in [4.78, 5) is 4.41. The first kappa shape index (κ1) is 19.9. The minimum absolute atomic E-state index is 0.720. The van der Waals surface area contributed by atoms with Crippen LogP contribution in [0.4, 0.5) is 5.82 Å². The van der Waals surface area contributed by atoms with Crippen molar-refractivity contribution in [3.05, 3.63) is 18.6 Å². The number of nitrogens with one attached hydrogen (secondary N) is 1. The average Bonchev–Trinajstić information content (AvgIpc) is 2.59. The number of ether oxygens (including phenoxy) is 1. The molecule has 1 rings (SSSR count). The van der Waals surface area contributed by atoms with Crippen LogP contribution < -0.4 is 9.88 Å². The van der Waals surface area contributed by atoms with Gasteiger partial charge in [-0.05, 0) is 11.4 Å². The maximum atomic E-state index is 5.06. The fourth-order valence-electron chi connectivity index (χ4n) is 2.65. The molecular formula is C19H36N3O+. The van der Waals surface area contributed by atoms with Gasteiger partial charge in [0, 0.05) is 19.7 Å². The Balaban J connectivity index is 1.92. The lowest BCUT2D eigenvalue weighted by Gasteiger charge is -2.04. The summed E-state index contributed by atoms with van der Waals surface area (Å²) >= 11 is 0. The lowest BCUT2D eigenvalue weighted by atomic mass is 10.1. The van der Waals surface area contributed by atoms with Crippen molar-refractivity contribution in [2.24, 2.45) is 0 Å². The molecule has 0 fully saturated rings. The Labute approximate surface area is 142 Å². The van der Waals surface area contributed by atoms with Gasteiger partial charge in [0.05, 0.1) is 12.8 Å². The molecule has 1 N–H and O–H groups in total. The summed E-state index contributed by atoms with van der Waals surface area (Å²) in [5, 5.41) is 3.40. The summed E-state index contributed by atoms with van der Waals surface area (Å²) in [6, 6.07) is 2.03. The first-order valence-corrected chi connectivity index (χ1v) is 9.44. The van der Waals surface area contributed by atoms with Gasteiger partial charge in [-0.15, -0.1) is 0 Å². The van der Waals surface area contributed by atoms with E-state index >= 15 is 0 Å². The third kappa shape index (κ3) is 11.1. The van der Waals surface area contributed by atoms with Crippen molar-refractivity contribution in [1.82, 2.24) is 4.98 Å². The molecule has 0 radical (unpaired) electrons. The van der Waals surface area contributed by atoms with Crippen LogP contribution in [0.15, 0.2) is 18.6 Å². The fourth-order valence-corrected chi connectivity index (χ4v) is 2.65. The Bertz CT molecular complexity index is 367. The van der Waals surface area contributed by atoms with Gasteiger partial charge in [0.25, 0.3) is 6.33 Å². The molecule has 0 aliphatic carbocycles. The summed E-state index contributed by atoms with van der Waals surface area (Å²) in [7, 11) is 1.72. The molecule has 0 aliphatic heterocycles. The van der Waals surface area contributed by atoms with E-state index in [0.717, 1.165) is 25.5 Å². The van der Waals surface area contributed by atoms with E-state index in [4.69, 9.17) is 4.74 Å². The van der Waals surface area contributed by atoms with Gasteiger partial charge in [-0.1, -0.05) is 64.7 Å². The zero-order valence-electron chi connectivity index (χ0n) is 15.2. The van der Waals surface area contributed by atoms with Crippen molar-refractivity contribution in [2.45, 2.75) is 77.7 Å². The topological polar surface area (TPSA) is 38.0 Å². The monoisotopic (exact) mass is 322 g/mol. The molecule has 0 atom stereocenters. The summed E-state index contributed by atoms with van der Waals surface area (Å²) in [5.41, 5.74) is 0. The van der Waals surface area contributed by atoms with Gasteiger partial charge in [0.2, 0.25) is 5.82 Å². The number of hydrogen-bond donors (Lipinski definition) is 1. The highest BCUT2D eigenvalue weighted by Crippen LogP contribution is 2.10. The van der Waals surface area contributed by atoms with Gasteiger partial charge in [-0.25, -0.2) is 4.57 Å². The van der Waals surface area contributed by atoms with E-state index in [1.165, 1.54) is 64.2 Å². The molecule has 0 spiro atoms. The number of methoxy groups -OCH3 is 1. The highest BCUT2D eigenvalue weighted by atomic mass is 16.5. The number of nitrogens with zero attached hydrogens (tertiary/aromatic N) is 2. The Morgan fingerprint density at radius 1 is 1.00 bits per heavy atom. The molecule has 0 aliphatic rings. The highest BCUT2D eigenvalue weighted by molar-refractivity contribution is 5.30. The number of rotatable bonds is 15. The normalized spacial score (nSPS) is 10.9. The maximum Gasteiger partial charge on any atom is 0.288 e. The highest BCUT2D eigenvalue weighted by Gasteiger charge is 2.02. The Hall–Kier alpha value is -1.16. The van der Waals surface area contributed by atoms with Crippen LogP contribution in [0.2, 0.25) is 0 Å². The third-order valence-corrected chi connectivity index (χ3v) is 4.16. The summed E-state index contributed by atoms with van der Waals surface area (Å²) in [6.45, 7) is 4.86. The summed E-state index contributed by atoms with van der Waals surface area (Å²) in [6.07, 6.45) is 17.7. The molecule has 1 heterocycles. The predicted molar refractivity (Wildman–Crippen MR) is 96.6 cm³/mol. The van der Waals surface area contributed by atoms with E-state index in [9.17, 15) is 0 Å². The predicted octanol–water partition coefficient (Wildman–Crippen LogP) is 4.35. The summed E-state index contributed by atoms with van der Waals surface area (Å²) < 4.78 is 7.09. The second-order valence-electron chi connectivity index (χ2n) is 6.28. The second kappa shape index (κ2) is 14.4. The SMILES string of the molecule is CCCCCCCCCCCCNc1cc[n+](CCOC)cn1. The van der Waals surface area contributed by atoms with E-state index in [1.807, 2.05) is 23.2 Å². The van der Waals surface area contributed by atoms with E-state index in [-0.39, 0.29) is 0 Å². The van der Waals surface area contributed by atoms with Gasteiger partial charge in [0.1, 0.15) is 6.54 Å². The van der Waals surface area contributed by atoms with Crippen molar-refractivity contribution >= 4 is 5.82 Å². The van der Waals surface area contributed by atoms with E-state index in [2.05, 4.69) is 17.2 Å². The largest absolute Gasteiger partial charge is 0.381 e. The van der Waals surface area contributed by atoms with Gasteiger partial charge >= 0.3 is 0 Å². The molecule has 0 aromatic carbocycles. The van der Waals surface area contributed by atoms with Crippen LogP contribution in [0, 0.1) is 0 Å². The van der Waals surface area contributed by atoms with Crippen LogP contribution in [0.1, 0.15) is 71.1 Å². The first-order chi connectivity index (χ1) is 11.4. The van der Waals surface area contributed by atoms with Crippen molar-refractivity contribution < 1.29 is 9.30 Å². The van der Waals surface area contributed by atoms with Crippen LogP contribution in [0.3, 0.4) is 0 Å². The van der Waals surface area contributed by atoms with Gasteiger partial charge in [-0.3, -0.25) is 0 Å². The molecule has 0 amide bonds. The molecule has 0 unspecified atom stereocenters. The average molecular weight is 323 g/mol. The molecule has 4 nitrogen and oxygen atoms in total. The van der Waals surface area contributed by atoms with Crippen molar-refractivity contribution in [3.8, 4) is 0 Å². The van der Waals surface area contributed by atoms with Crippen molar-refractivity contribution in [2.75, 3.05) is 25.6 Å². The number of anilines is 1. The summed E-state index contributed by atoms with van der Waals surface area (Å²) in [5.74, 6) is 0.967. The Kier molecular flexibility index (Phi) is 12.5. The van der Waals surface area contributed by atoms with Crippen LogP contribution in [0.25, 0.3) is 0 Å². The molecule has 0 bridgehead atoms. The Morgan fingerprint density at radius 3 is 2.22 bits per heavy atom. The molecule has 132 valence electrons. The van der Waals surface area contributed by atoms with Crippen molar-refractivity contribution in [3.63, 3.8) is 0 Å². The van der Waals surface area contributed by atoms with E-state index in [0.29, 0.717) is 0 Å². The number of hydrogen-bond acceptors (Lipinski definition) is 3. The number of aromatic nitrogens is 2. The third-order valence-electron chi connectivity index (χ3n) is 4.16. The second-order valence-corrected chi connectivity index (χ2v) is 6.28. The lowest BCUT2D eigenvalue weighted by molar-refractivity contribution is -0.701. The number of unbranched alkanes of at least 4 members (excludes halogenated alkanes) is 9.